The summed E-state index contributed by atoms with van der Waals surface area (Å²) in [5, 5.41) is 21.7. The molecule has 2 atom stereocenters. The number of nitrogens with zero attached hydrogens (tertiary/aromatic N) is 1. The van der Waals surface area contributed by atoms with E-state index in [4.69, 9.17) is 25.5 Å². The van der Waals surface area contributed by atoms with Crippen molar-refractivity contribution in [1.82, 2.24) is 4.90 Å². The average molecular weight is 488 g/mol. The molecule has 0 amide bonds. The van der Waals surface area contributed by atoms with Crippen molar-refractivity contribution in [3.05, 3.63) is 57.2 Å². The van der Waals surface area contributed by atoms with E-state index in [1.807, 2.05) is 11.9 Å². The molecule has 0 saturated carbocycles. The maximum atomic E-state index is 13.0. The Morgan fingerprint density at radius 1 is 1.24 bits per heavy atom. The summed E-state index contributed by atoms with van der Waals surface area (Å²) in [4.78, 5) is 27.4. The number of hydrogen-bond donors (Lipinski definition) is 2. The maximum absolute atomic E-state index is 13.0. The summed E-state index contributed by atoms with van der Waals surface area (Å²) >= 11 is 6.32. The van der Waals surface area contributed by atoms with E-state index in [1.165, 1.54) is 13.2 Å². The zero-order valence-corrected chi connectivity index (χ0v) is 19.7. The molecule has 0 bridgehead atoms. The van der Waals surface area contributed by atoms with Gasteiger partial charge in [0.25, 0.3) is 0 Å². The summed E-state index contributed by atoms with van der Waals surface area (Å²) < 4.78 is 16.8. The fraction of sp³-hybridized carbons (Fsp3) is 0.360. The number of aromatic hydroxyl groups is 2. The topological polar surface area (TPSA) is 109 Å². The van der Waals surface area contributed by atoms with Gasteiger partial charge in [-0.1, -0.05) is 23.7 Å². The highest BCUT2D eigenvalue weighted by molar-refractivity contribution is 6.33. The smallest absolute Gasteiger partial charge is 0.308 e. The third-order valence-corrected chi connectivity index (χ3v) is 6.39. The molecular formula is C25H26ClNO7. The van der Waals surface area contributed by atoms with Gasteiger partial charge in [0.1, 0.15) is 34.3 Å². The monoisotopic (exact) mass is 487 g/mol. The van der Waals surface area contributed by atoms with Gasteiger partial charge in [-0.2, -0.15) is 0 Å². The second-order valence-electron chi connectivity index (χ2n) is 8.42. The van der Waals surface area contributed by atoms with Crippen molar-refractivity contribution in [3.8, 4) is 22.8 Å². The Morgan fingerprint density at radius 2 is 2.00 bits per heavy atom. The predicted octanol–water partition coefficient (Wildman–Crippen LogP) is 3.89. The summed E-state index contributed by atoms with van der Waals surface area (Å²) in [5.74, 6) is -1.31. The molecule has 2 N–H and O–H groups in total. The Kier molecular flexibility index (Phi) is 7.11. The van der Waals surface area contributed by atoms with E-state index in [1.54, 1.807) is 24.3 Å². The van der Waals surface area contributed by atoms with E-state index in [-0.39, 0.29) is 35.5 Å². The van der Waals surface area contributed by atoms with Crippen molar-refractivity contribution in [3.63, 3.8) is 0 Å². The zero-order chi connectivity index (χ0) is 24.4. The first-order chi connectivity index (χ1) is 16.3. The SMILES string of the molecule is COCCC(=O)OC1CN(C)CCC1c1c(O)cc(O)c2c(=O)cc(-c3ccccc3Cl)oc12. The van der Waals surface area contributed by atoms with Crippen LogP contribution in [0, 0.1) is 0 Å². The van der Waals surface area contributed by atoms with E-state index < -0.39 is 29.2 Å². The highest BCUT2D eigenvalue weighted by Crippen LogP contribution is 2.43. The number of esters is 1. The number of carbonyl (C=O) groups excluding carboxylic acids is 1. The third kappa shape index (κ3) is 4.75. The van der Waals surface area contributed by atoms with Gasteiger partial charge in [-0.25, -0.2) is 0 Å². The van der Waals surface area contributed by atoms with Crippen LogP contribution >= 0.6 is 11.6 Å². The number of rotatable bonds is 6. The molecule has 180 valence electrons. The fourth-order valence-corrected chi connectivity index (χ4v) is 4.64. The molecular weight excluding hydrogens is 462 g/mol. The van der Waals surface area contributed by atoms with Gasteiger partial charge in [0.15, 0.2) is 5.43 Å². The predicted molar refractivity (Wildman–Crippen MR) is 127 cm³/mol. The average Bonchev–Trinajstić information content (AvgIpc) is 2.78. The first kappa shape index (κ1) is 24.1. The molecule has 9 heteroatoms. The van der Waals surface area contributed by atoms with Crippen molar-refractivity contribution in [2.24, 2.45) is 0 Å². The number of carbonyl (C=O) groups is 1. The van der Waals surface area contributed by atoms with Crippen molar-refractivity contribution >= 4 is 28.5 Å². The van der Waals surface area contributed by atoms with Crippen molar-refractivity contribution in [2.45, 2.75) is 24.9 Å². The molecule has 8 nitrogen and oxygen atoms in total. The summed E-state index contributed by atoms with van der Waals surface area (Å²) in [5.41, 5.74) is 0.392. The third-order valence-electron chi connectivity index (χ3n) is 6.06. The number of phenolic OH excluding ortho intramolecular Hbond substituents is 2. The maximum Gasteiger partial charge on any atom is 0.308 e. The number of hydrogen-bond acceptors (Lipinski definition) is 8. The van der Waals surface area contributed by atoms with Gasteiger partial charge in [-0.3, -0.25) is 9.59 Å². The summed E-state index contributed by atoms with van der Waals surface area (Å²) in [7, 11) is 3.42. The Bertz CT molecular complexity index is 1270. The molecule has 4 rings (SSSR count). The molecule has 34 heavy (non-hydrogen) atoms. The molecule has 1 aromatic heterocycles. The molecule has 1 aliphatic heterocycles. The van der Waals surface area contributed by atoms with Crippen LogP contribution in [0.4, 0.5) is 0 Å². The van der Waals surface area contributed by atoms with Gasteiger partial charge in [-0.05, 0) is 32.1 Å². The number of likely N-dealkylation sites (tertiary alicyclic amines) is 1. The summed E-state index contributed by atoms with van der Waals surface area (Å²) in [6.45, 7) is 1.34. The van der Waals surface area contributed by atoms with E-state index in [0.717, 1.165) is 6.07 Å². The molecule has 1 aliphatic rings. The number of methoxy groups -OCH3 is 1. The van der Waals surface area contributed by atoms with Crippen LogP contribution in [-0.2, 0) is 14.3 Å². The van der Waals surface area contributed by atoms with E-state index in [0.29, 0.717) is 35.7 Å². The Labute approximate surface area is 201 Å². The molecule has 2 unspecified atom stereocenters. The molecule has 1 fully saturated rings. The Morgan fingerprint density at radius 3 is 2.74 bits per heavy atom. The van der Waals surface area contributed by atoms with Gasteiger partial charge in [0.2, 0.25) is 0 Å². The van der Waals surface area contributed by atoms with Crippen LogP contribution in [0.25, 0.3) is 22.3 Å². The minimum atomic E-state index is -0.601. The Balaban J connectivity index is 1.87. The van der Waals surface area contributed by atoms with Gasteiger partial charge in [-0.15, -0.1) is 0 Å². The number of fused-ring (bicyclic) bond motifs is 1. The summed E-state index contributed by atoms with van der Waals surface area (Å²) in [6.07, 6.45) is 0.0277. The minimum absolute atomic E-state index is 0.0485. The first-order valence-electron chi connectivity index (χ1n) is 10.9. The minimum Gasteiger partial charge on any atom is -0.507 e. The molecule has 2 heterocycles. The Hall–Kier alpha value is -3.07. The van der Waals surface area contributed by atoms with E-state index >= 15 is 0 Å². The molecule has 0 spiro atoms. The van der Waals surface area contributed by atoms with Crippen LogP contribution in [0.5, 0.6) is 11.5 Å². The fourth-order valence-electron chi connectivity index (χ4n) is 4.41. The first-order valence-corrected chi connectivity index (χ1v) is 11.3. The second-order valence-corrected chi connectivity index (χ2v) is 8.82. The van der Waals surface area contributed by atoms with Crippen LogP contribution in [0.3, 0.4) is 0 Å². The highest BCUT2D eigenvalue weighted by atomic mass is 35.5. The number of halogens is 1. The van der Waals surface area contributed by atoms with Crippen LogP contribution in [0.2, 0.25) is 5.02 Å². The summed E-state index contributed by atoms with van der Waals surface area (Å²) in [6, 6.07) is 9.31. The van der Waals surface area contributed by atoms with E-state index in [2.05, 4.69) is 0 Å². The molecule has 0 radical (unpaired) electrons. The zero-order valence-electron chi connectivity index (χ0n) is 18.9. The molecule has 2 aromatic carbocycles. The lowest BCUT2D eigenvalue weighted by Crippen LogP contribution is -2.43. The number of ether oxygens (including phenoxy) is 2. The van der Waals surface area contributed by atoms with E-state index in [9.17, 15) is 19.8 Å². The van der Waals surface area contributed by atoms with Gasteiger partial charge in [0, 0.05) is 42.8 Å². The van der Waals surface area contributed by atoms with Crippen molar-refractivity contribution in [2.75, 3.05) is 33.9 Å². The number of likely N-dealkylation sites (N-methyl/N-ethyl adjacent to an activating group) is 1. The standard InChI is InChI=1S/C25H26ClNO7/c1-27-9-7-15(21(13-27)33-22(31)8-10-32-2)23-17(28)11-18(29)24-19(30)12-20(34-25(23)24)14-5-3-4-6-16(14)26/h3-6,11-12,15,21,28-29H,7-10,13H2,1-2H3. The van der Waals surface area contributed by atoms with Crippen LogP contribution in [-0.4, -0.2) is 61.0 Å². The van der Waals surface area contributed by atoms with Crippen LogP contribution in [0.1, 0.15) is 24.3 Å². The van der Waals surface area contributed by atoms with Gasteiger partial charge >= 0.3 is 5.97 Å². The second kappa shape index (κ2) is 10.0. The highest BCUT2D eigenvalue weighted by Gasteiger charge is 2.36. The number of piperidine rings is 1. The normalized spacial score (nSPS) is 18.8. The number of phenols is 2. The van der Waals surface area contributed by atoms with Crippen molar-refractivity contribution < 1.29 is 28.9 Å². The molecule has 1 saturated heterocycles. The lowest BCUT2D eigenvalue weighted by Gasteiger charge is -2.36. The molecule has 3 aromatic rings. The number of benzene rings is 2. The largest absolute Gasteiger partial charge is 0.507 e. The molecule has 0 aliphatic carbocycles. The van der Waals surface area contributed by atoms with Crippen LogP contribution in [0.15, 0.2) is 45.6 Å². The lowest BCUT2D eigenvalue weighted by atomic mass is 9.85. The van der Waals surface area contributed by atoms with Crippen LogP contribution < -0.4 is 5.43 Å². The van der Waals surface area contributed by atoms with Gasteiger partial charge < -0.3 is 29.0 Å². The van der Waals surface area contributed by atoms with Gasteiger partial charge in [0.05, 0.1) is 18.1 Å². The van der Waals surface area contributed by atoms with Crippen molar-refractivity contribution in [1.29, 1.82) is 0 Å². The lowest BCUT2D eigenvalue weighted by molar-refractivity contribution is -0.153. The quantitative estimate of drug-likeness (QED) is 0.504.